The van der Waals surface area contributed by atoms with Gasteiger partial charge in [0.15, 0.2) is 0 Å². The van der Waals surface area contributed by atoms with Gasteiger partial charge in [-0.2, -0.15) is 0 Å². The van der Waals surface area contributed by atoms with Crippen LogP contribution in [-0.2, 0) is 4.74 Å². The highest BCUT2D eigenvalue weighted by atomic mass is 16.5. The number of rotatable bonds is 6. The number of ether oxygens (including phenoxy) is 1. The third-order valence-electron chi connectivity index (χ3n) is 2.88. The highest BCUT2D eigenvalue weighted by Crippen LogP contribution is 2.23. The molecule has 0 spiro atoms. The SMILES string of the molecule is CCCCOC1CC=C(CCC)CC1. The standard InChI is InChI=1S/C13H24O/c1-3-5-11-14-13-9-7-12(6-4-2)8-10-13/h7,13H,3-6,8-11H2,1-2H3. The van der Waals surface area contributed by atoms with Crippen molar-refractivity contribution in [1.82, 2.24) is 0 Å². The van der Waals surface area contributed by atoms with E-state index in [0.717, 1.165) is 13.0 Å². The van der Waals surface area contributed by atoms with Crippen LogP contribution in [0.1, 0.15) is 58.8 Å². The fraction of sp³-hybridized carbons (Fsp3) is 0.846. The molecule has 1 rings (SSSR count). The van der Waals surface area contributed by atoms with Gasteiger partial charge in [0, 0.05) is 6.61 Å². The van der Waals surface area contributed by atoms with Crippen LogP contribution in [0.5, 0.6) is 0 Å². The predicted octanol–water partition coefficient (Wildman–Crippen LogP) is 4.08. The molecule has 0 amide bonds. The summed E-state index contributed by atoms with van der Waals surface area (Å²) >= 11 is 0. The van der Waals surface area contributed by atoms with Gasteiger partial charge in [-0.25, -0.2) is 0 Å². The summed E-state index contributed by atoms with van der Waals surface area (Å²) in [7, 11) is 0. The Morgan fingerprint density at radius 1 is 1.36 bits per heavy atom. The van der Waals surface area contributed by atoms with Crippen molar-refractivity contribution >= 4 is 0 Å². The van der Waals surface area contributed by atoms with E-state index in [1.807, 2.05) is 0 Å². The van der Waals surface area contributed by atoms with E-state index in [1.54, 1.807) is 5.57 Å². The quantitative estimate of drug-likeness (QED) is 0.459. The summed E-state index contributed by atoms with van der Waals surface area (Å²) in [6.45, 7) is 5.42. The minimum Gasteiger partial charge on any atom is -0.378 e. The summed E-state index contributed by atoms with van der Waals surface area (Å²) in [5.41, 5.74) is 1.66. The maximum Gasteiger partial charge on any atom is 0.0612 e. The van der Waals surface area contributed by atoms with Crippen LogP contribution >= 0.6 is 0 Å². The predicted molar refractivity (Wildman–Crippen MR) is 61.5 cm³/mol. The molecule has 14 heavy (non-hydrogen) atoms. The molecule has 0 aromatic rings. The topological polar surface area (TPSA) is 9.23 Å². The summed E-state index contributed by atoms with van der Waals surface area (Å²) in [5, 5.41) is 0. The van der Waals surface area contributed by atoms with E-state index < -0.39 is 0 Å². The fourth-order valence-electron chi connectivity index (χ4n) is 1.96. The Labute approximate surface area is 88.5 Å². The van der Waals surface area contributed by atoms with E-state index in [2.05, 4.69) is 19.9 Å². The molecule has 1 heteroatoms. The van der Waals surface area contributed by atoms with E-state index in [0.29, 0.717) is 6.10 Å². The van der Waals surface area contributed by atoms with E-state index >= 15 is 0 Å². The maximum absolute atomic E-state index is 5.81. The molecule has 1 nitrogen and oxygen atoms in total. The first-order valence-corrected chi connectivity index (χ1v) is 6.16. The van der Waals surface area contributed by atoms with Gasteiger partial charge in [0.05, 0.1) is 6.10 Å². The molecule has 1 unspecified atom stereocenters. The van der Waals surface area contributed by atoms with Crippen LogP contribution in [-0.4, -0.2) is 12.7 Å². The lowest BCUT2D eigenvalue weighted by molar-refractivity contribution is 0.0445. The molecule has 0 fully saturated rings. The van der Waals surface area contributed by atoms with Gasteiger partial charge >= 0.3 is 0 Å². The van der Waals surface area contributed by atoms with Gasteiger partial charge in [-0.15, -0.1) is 0 Å². The Morgan fingerprint density at radius 2 is 2.21 bits per heavy atom. The highest BCUT2D eigenvalue weighted by molar-refractivity contribution is 5.06. The van der Waals surface area contributed by atoms with Crippen molar-refractivity contribution in [2.45, 2.75) is 64.9 Å². The third kappa shape index (κ3) is 4.28. The second-order valence-electron chi connectivity index (χ2n) is 4.23. The van der Waals surface area contributed by atoms with E-state index in [-0.39, 0.29) is 0 Å². The minimum absolute atomic E-state index is 0.516. The molecular formula is C13H24O. The van der Waals surface area contributed by atoms with Crippen molar-refractivity contribution < 1.29 is 4.74 Å². The van der Waals surface area contributed by atoms with Crippen LogP contribution in [0.15, 0.2) is 11.6 Å². The van der Waals surface area contributed by atoms with Gasteiger partial charge in [-0.05, 0) is 32.1 Å². The van der Waals surface area contributed by atoms with Crippen LogP contribution < -0.4 is 0 Å². The first-order valence-electron chi connectivity index (χ1n) is 6.16. The molecule has 0 N–H and O–H groups in total. The first kappa shape index (κ1) is 11.8. The summed E-state index contributed by atoms with van der Waals surface area (Å²) in [4.78, 5) is 0. The zero-order valence-corrected chi connectivity index (χ0v) is 9.72. The Bertz CT molecular complexity index is 172. The summed E-state index contributed by atoms with van der Waals surface area (Å²) in [6, 6.07) is 0. The molecule has 0 radical (unpaired) electrons. The summed E-state index contributed by atoms with van der Waals surface area (Å²) in [5.74, 6) is 0. The highest BCUT2D eigenvalue weighted by Gasteiger charge is 2.13. The van der Waals surface area contributed by atoms with Gasteiger partial charge in [0.2, 0.25) is 0 Å². The molecule has 82 valence electrons. The molecule has 0 aliphatic heterocycles. The van der Waals surface area contributed by atoms with Crippen LogP contribution in [0, 0.1) is 0 Å². The van der Waals surface area contributed by atoms with Crippen LogP contribution in [0.2, 0.25) is 0 Å². The van der Waals surface area contributed by atoms with E-state index in [9.17, 15) is 0 Å². The lowest BCUT2D eigenvalue weighted by Crippen LogP contribution is -2.16. The molecular weight excluding hydrogens is 172 g/mol. The molecule has 1 atom stereocenters. The van der Waals surface area contributed by atoms with Gasteiger partial charge in [-0.1, -0.05) is 38.3 Å². The van der Waals surface area contributed by atoms with Crippen LogP contribution in [0.4, 0.5) is 0 Å². The molecule has 0 heterocycles. The van der Waals surface area contributed by atoms with Crippen LogP contribution in [0.25, 0.3) is 0 Å². The van der Waals surface area contributed by atoms with Crippen molar-refractivity contribution in [2.75, 3.05) is 6.61 Å². The van der Waals surface area contributed by atoms with Crippen molar-refractivity contribution in [3.05, 3.63) is 11.6 Å². The Morgan fingerprint density at radius 3 is 2.79 bits per heavy atom. The lowest BCUT2D eigenvalue weighted by Gasteiger charge is -2.22. The van der Waals surface area contributed by atoms with Crippen molar-refractivity contribution in [3.63, 3.8) is 0 Å². The monoisotopic (exact) mass is 196 g/mol. The average molecular weight is 196 g/mol. The maximum atomic E-state index is 5.81. The second-order valence-corrected chi connectivity index (χ2v) is 4.23. The lowest BCUT2D eigenvalue weighted by atomic mass is 9.94. The molecule has 0 aromatic heterocycles. The molecule has 0 saturated carbocycles. The van der Waals surface area contributed by atoms with Crippen molar-refractivity contribution in [1.29, 1.82) is 0 Å². The molecule has 1 aliphatic carbocycles. The molecule has 0 saturated heterocycles. The summed E-state index contributed by atoms with van der Waals surface area (Å²) < 4.78 is 5.81. The third-order valence-corrected chi connectivity index (χ3v) is 2.88. The number of hydrogen-bond donors (Lipinski definition) is 0. The van der Waals surface area contributed by atoms with Gasteiger partial charge in [0.1, 0.15) is 0 Å². The molecule has 0 bridgehead atoms. The van der Waals surface area contributed by atoms with Gasteiger partial charge < -0.3 is 4.74 Å². The number of unbranched alkanes of at least 4 members (excludes halogenated alkanes) is 1. The normalized spacial score (nSPS) is 22.1. The zero-order valence-electron chi connectivity index (χ0n) is 9.72. The zero-order chi connectivity index (χ0) is 10.2. The largest absolute Gasteiger partial charge is 0.378 e. The minimum atomic E-state index is 0.516. The average Bonchev–Trinajstić information content (AvgIpc) is 2.21. The van der Waals surface area contributed by atoms with Crippen LogP contribution in [0.3, 0.4) is 0 Å². The van der Waals surface area contributed by atoms with Gasteiger partial charge in [-0.3, -0.25) is 0 Å². The smallest absolute Gasteiger partial charge is 0.0612 e. The Kier molecular flexibility index (Phi) is 5.93. The fourth-order valence-corrected chi connectivity index (χ4v) is 1.96. The Hall–Kier alpha value is -0.300. The molecule has 0 aromatic carbocycles. The van der Waals surface area contributed by atoms with Gasteiger partial charge in [0.25, 0.3) is 0 Å². The van der Waals surface area contributed by atoms with E-state index in [4.69, 9.17) is 4.74 Å². The second kappa shape index (κ2) is 7.05. The van der Waals surface area contributed by atoms with Crippen molar-refractivity contribution in [3.8, 4) is 0 Å². The molecule has 1 aliphatic rings. The number of hydrogen-bond acceptors (Lipinski definition) is 1. The van der Waals surface area contributed by atoms with E-state index in [1.165, 1.54) is 38.5 Å². The number of allylic oxidation sites excluding steroid dienone is 1. The first-order chi connectivity index (χ1) is 6.86. The summed E-state index contributed by atoms with van der Waals surface area (Å²) in [6.07, 6.45) is 11.6. The Balaban J connectivity index is 2.14. The van der Waals surface area contributed by atoms with Crippen molar-refractivity contribution in [2.24, 2.45) is 0 Å².